The van der Waals surface area contributed by atoms with Gasteiger partial charge in [-0.3, -0.25) is 4.79 Å². The third kappa shape index (κ3) is 3.99. The zero-order chi connectivity index (χ0) is 18.6. The Hall–Kier alpha value is -2.82. The first-order valence-corrected chi connectivity index (χ1v) is 7.92. The number of methoxy groups -OCH3 is 2. The summed E-state index contributed by atoms with van der Waals surface area (Å²) in [6.45, 7) is 5.33. The predicted octanol–water partition coefficient (Wildman–Crippen LogP) is 3.75. The Kier molecular flexibility index (Phi) is 5.80. The highest BCUT2D eigenvalue weighted by Gasteiger charge is 2.24. The Morgan fingerprint density at radius 3 is 2.32 bits per heavy atom. The van der Waals surface area contributed by atoms with E-state index in [0.717, 1.165) is 11.1 Å². The van der Waals surface area contributed by atoms with Crippen molar-refractivity contribution in [2.24, 2.45) is 0 Å². The van der Waals surface area contributed by atoms with Crippen LogP contribution in [0.2, 0.25) is 0 Å². The summed E-state index contributed by atoms with van der Waals surface area (Å²) in [5.74, 6) is -0.176. The minimum absolute atomic E-state index is 0.211. The number of esters is 1. The first-order valence-electron chi connectivity index (χ1n) is 7.92. The molecule has 2 aromatic carbocycles. The van der Waals surface area contributed by atoms with Gasteiger partial charge >= 0.3 is 5.97 Å². The SMILES string of the molecule is COc1cccc(C(=O)O[C@@H](C)C(=O)c2cc(C)ccc2C)c1OC. The van der Waals surface area contributed by atoms with Crippen LogP contribution in [0, 0.1) is 13.8 Å². The Labute approximate surface area is 147 Å². The average molecular weight is 342 g/mol. The monoisotopic (exact) mass is 342 g/mol. The molecule has 5 nitrogen and oxygen atoms in total. The number of ketones is 1. The molecular formula is C20H22O5. The molecule has 25 heavy (non-hydrogen) atoms. The molecule has 132 valence electrons. The van der Waals surface area contributed by atoms with E-state index in [-0.39, 0.29) is 17.1 Å². The maximum Gasteiger partial charge on any atom is 0.342 e. The highest BCUT2D eigenvalue weighted by molar-refractivity contribution is 6.03. The summed E-state index contributed by atoms with van der Waals surface area (Å²) in [6.07, 6.45) is -0.913. The fourth-order valence-electron chi connectivity index (χ4n) is 2.55. The lowest BCUT2D eigenvalue weighted by molar-refractivity contribution is 0.0315. The summed E-state index contributed by atoms with van der Waals surface area (Å²) in [5, 5.41) is 0. The van der Waals surface area contributed by atoms with Crippen molar-refractivity contribution in [3.8, 4) is 11.5 Å². The summed E-state index contributed by atoms with van der Waals surface area (Å²) in [6, 6.07) is 10.5. The van der Waals surface area contributed by atoms with E-state index in [4.69, 9.17) is 14.2 Å². The summed E-state index contributed by atoms with van der Waals surface area (Å²) < 4.78 is 15.8. The minimum Gasteiger partial charge on any atom is -0.493 e. The predicted molar refractivity (Wildman–Crippen MR) is 94.7 cm³/mol. The highest BCUT2D eigenvalue weighted by Crippen LogP contribution is 2.31. The number of aryl methyl sites for hydroxylation is 2. The van der Waals surface area contributed by atoms with Crippen LogP contribution in [0.5, 0.6) is 11.5 Å². The lowest BCUT2D eigenvalue weighted by Gasteiger charge is -2.16. The Morgan fingerprint density at radius 1 is 0.960 bits per heavy atom. The second-order valence-electron chi connectivity index (χ2n) is 5.77. The van der Waals surface area contributed by atoms with Gasteiger partial charge in [0.2, 0.25) is 5.78 Å². The second-order valence-corrected chi connectivity index (χ2v) is 5.77. The van der Waals surface area contributed by atoms with Crippen LogP contribution in [-0.2, 0) is 4.74 Å². The Morgan fingerprint density at radius 2 is 1.68 bits per heavy atom. The van der Waals surface area contributed by atoms with Gasteiger partial charge in [0.05, 0.1) is 14.2 Å². The number of carbonyl (C=O) groups excluding carboxylic acids is 2. The molecule has 0 aliphatic carbocycles. The quantitative estimate of drug-likeness (QED) is 0.591. The van der Waals surface area contributed by atoms with Crippen molar-refractivity contribution in [2.45, 2.75) is 26.9 Å². The van der Waals surface area contributed by atoms with Gasteiger partial charge in [0.25, 0.3) is 0 Å². The molecule has 0 spiro atoms. The molecule has 0 aliphatic heterocycles. The van der Waals surface area contributed by atoms with E-state index in [1.165, 1.54) is 14.2 Å². The van der Waals surface area contributed by atoms with Crippen molar-refractivity contribution in [3.63, 3.8) is 0 Å². The highest BCUT2D eigenvalue weighted by atomic mass is 16.6. The molecule has 0 heterocycles. The standard InChI is InChI=1S/C20H22O5/c1-12-9-10-13(2)16(11-12)18(21)14(3)25-20(22)15-7-6-8-17(23-4)19(15)24-5/h6-11,14H,1-5H3/t14-/m0/s1. The molecule has 2 rings (SSSR count). The van der Waals surface area contributed by atoms with Crippen molar-refractivity contribution in [1.82, 2.24) is 0 Å². The number of ether oxygens (including phenoxy) is 3. The van der Waals surface area contributed by atoms with Crippen molar-refractivity contribution in [2.75, 3.05) is 14.2 Å². The third-order valence-corrected chi connectivity index (χ3v) is 3.93. The molecule has 0 N–H and O–H groups in total. The largest absolute Gasteiger partial charge is 0.493 e. The van der Waals surface area contributed by atoms with Gasteiger partial charge in [-0.25, -0.2) is 4.79 Å². The minimum atomic E-state index is -0.913. The number of para-hydroxylation sites is 1. The normalized spacial score (nSPS) is 11.6. The summed E-state index contributed by atoms with van der Waals surface area (Å²) in [5.41, 5.74) is 2.58. The number of carbonyl (C=O) groups is 2. The van der Waals surface area contributed by atoms with E-state index in [2.05, 4.69) is 0 Å². The van der Waals surface area contributed by atoms with Crippen LogP contribution in [0.4, 0.5) is 0 Å². The lowest BCUT2D eigenvalue weighted by atomic mass is 9.99. The van der Waals surface area contributed by atoms with Crippen molar-refractivity contribution < 1.29 is 23.8 Å². The number of rotatable bonds is 6. The number of hydrogen-bond acceptors (Lipinski definition) is 5. The van der Waals surface area contributed by atoms with Crippen LogP contribution in [-0.4, -0.2) is 32.1 Å². The molecular weight excluding hydrogens is 320 g/mol. The molecule has 0 unspecified atom stereocenters. The van der Waals surface area contributed by atoms with Crippen molar-refractivity contribution >= 4 is 11.8 Å². The number of benzene rings is 2. The first kappa shape index (κ1) is 18.5. The van der Waals surface area contributed by atoms with Gasteiger partial charge in [-0.15, -0.1) is 0 Å². The molecule has 1 atom stereocenters. The molecule has 0 aromatic heterocycles. The second kappa shape index (κ2) is 7.83. The zero-order valence-electron chi connectivity index (χ0n) is 15.1. The number of hydrogen-bond donors (Lipinski definition) is 0. The van der Waals surface area contributed by atoms with Crippen LogP contribution in [0.25, 0.3) is 0 Å². The summed E-state index contributed by atoms with van der Waals surface area (Å²) in [4.78, 5) is 25.1. The molecule has 0 aliphatic rings. The van der Waals surface area contributed by atoms with Crippen LogP contribution in [0.15, 0.2) is 36.4 Å². The van der Waals surface area contributed by atoms with Gasteiger partial charge in [-0.05, 0) is 44.5 Å². The molecule has 0 radical (unpaired) electrons. The molecule has 0 bridgehead atoms. The Balaban J connectivity index is 2.23. The number of Topliss-reactive ketones (excluding diaryl/α,β-unsaturated/α-hetero) is 1. The maximum atomic E-state index is 12.6. The fourth-order valence-corrected chi connectivity index (χ4v) is 2.55. The van der Waals surface area contributed by atoms with Gasteiger partial charge in [0, 0.05) is 5.56 Å². The van der Waals surface area contributed by atoms with Gasteiger partial charge in [-0.2, -0.15) is 0 Å². The first-order chi connectivity index (χ1) is 11.9. The van der Waals surface area contributed by atoms with E-state index in [0.29, 0.717) is 11.3 Å². The lowest BCUT2D eigenvalue weighted by Crippen LogP contribution is -2.25. The Bertz CT molecular complexity index is 795. The summed E-state index contributed by atoms with van der Waals surface area (Å²) in [7, 11) is 2.93. The smallest absolute Gasteiger partial charge is 0.342 e. The van der Waals surface area contributed by atoms with E-state index < -0.39 is 12.1 Å². The molecule has 2 aromatic rings. The summed E-state index contributed by atoms with van der Waals surface area (Å²) >= 11 is 0. The van der Waals surface area contributed by atoms with Crippen LogP contribution in [0.1, 0.15) is 38.8 Å². The zero-order valence-corrected chi connectivity index (χ0v) is 15.1. The van der Waals surface area contributed by atoms with Crippen LogP contribution < -0.4 is 9.47 Å². The van der Waals surface area contributed by atoms with E-state index in [1.54, 1.807) is 31.2 Å². The van der Waals surface area contributed by atoms with Crippen LogP contribution >= 0.6 is 0 Å². The van der Waals surface area contributed by atoms with E-state index >= 15 is 0 Å². The molecule has 0 fully saturated rings. The molecule has 0 saturated carbocycles. The van der Waals surface area contributed by atoms with Gasteiger partial charge in [-0.1, -0.05) is 23.8 Å². The topological polar surface area (TPSA) is 61.8 Å². The van der Waals surface area contributed by atoms with Gasteiger partial charge in [0.1, 0.15) is 5.56 Å². The fraction of sp³-hybridized carbons (Fsp3) is 0.300. The molecule has 0 saturated heterocycles. The average Bonchev–Trinajstić information content (AvgIpc) is 2.62. The molecule has 0 amide bonds. The third-order valence-electron chi connectivity index (χ3n) is 3.93. The van der Waals surface area contributed by atoms with Crippen LogP contribution in [0.3, 0.4) is 0 Å². The van der Waals surface area contributed by atoms with Gasteiger partial charge < -0.3 is 14.2 Å². The van der Waals surface area contributed by atoms with E-state index in [9.17, 15) is 9.59 Å². The van der Waals surface area contributed by atoms with Crippen molar-refractivity contribution in [1.29, 1.82) is 0 Å². The van der Waals surface area contributed by atoms with Crippen molar-refractivity contribution in [3.05, 3.63) is 58.7 Å². The molecule has 5 heteroatoms. The van der Waals surface area contributed by atoms with Gasteiger partial charge in [0.15, 0.2) is 17.6 Å². The van der Waals surface area contributed by atoms with E-state index in [1.807, 2.05) is 26.0 Å². The maximum absolute atomic E-state index is 12.6.